The van der Waals surface area contributed by atoms with Crippen LogP contribution in [0.3, 0.4) is 0 Å². The van der Waals surface area contributed by atoms with Crippen LogP contribution in [0.4, 0.5) is 5.69 Å². The van der Waals surface area contributed by atoms with Crippen molar-refractivity contribution in [2.45, 2.75) is 13.0 Å². The molecule has 7 nitrogen and oxygen atoms in total. The number of nitrogens with two attached hydrogens (primary N) is 1. The summed E-state index contributed by atoms with van der Waals surface area (Å²) >= 11 is 0. The van der Waals surface area contributed by atoms with Crippen LogP contribution in [0.2, 0.25) is 0 Å². The van der Waals surface area contributed by atoms with E-state index in [1.54, 1.807) is 31.2 Å². The molecule has 0 amide bonds. The Balaban J connectivity index is 2.25. The molecule has 0 aliphatic rings. The highest BCUT2D eigenvalue weighted by Crippen LogP contribution is 2.16. The van der Waals surface area contributed by atoms with Gasteiger partial charge >= 0.3 is 5.97 Å². The summed E-state index contributed by atoms with van der Waals surface area (Å²) in [7, 11) is 1.32. The van der Waals surface area contributed by atoms with Crippen LogP contribution in [-0.4, -0.2) is 33.3 Å². The van der Waals surface area contributed by atoms with Crippen molar-refractivity contribution in [1.82, 2.24) is 20.2 Å². The van der Waals surface area contributed by atoms with Crippen molar-refractivity contribution >= 4 is 11.7 Å². The van der Waals surface area contributed by atoms with Crippen molar-refractivity contribution in [3.8, 4) is 11.4 Å². The molecule has 0 saturated carbocycles. The molecule has 0 fully saturated rings. The number of carbonyl (C=O) groups excluding carboxylic acids is 1. The number of tetrazole rings is 1. The minimum absolute atomic E-state index is 0.420. The third kappa shape index (κ3) is 2.29. The molecule has 1 aromatic carbocycles. The molecule has 1 heterocycles. The highest BCUT2D eigenvalue weighted by Gasteiger charge is 2.18. The molecule has 0 aliphatic carbocycles. The summed E-state index contributed by atoms with van der Waals surface area (Å²) in [6.07, 6.45) is 0. The lowest BCUT2D eigenvalue weighted by Crippen LogP contribution is -2.20. The van der Waals surface area contributed by atoms with Crippen molar-refractivity contribution in [2.24, 2.45) is 0 Å². The first-order valence-corrected chi connectivity index (χ1v) is 5.35. The molecule has 1 aromatic heterocycles. The summed E-state index contributed by atoms with van der Waals surface area (Å²) in [6.45, 7) is 1.64. The summed E-state index contributed by atoms with van der Waals surface area (Å²) in [5.41, 5.74) is 7.04. The fourth-order valence-corrected chi connectivity index (χ4v) is 1.40. The molecule has 1 atom stereocenters. The minimum atomic E-state index is -0.606. The smallest absolute Gasteiger partial charge is 0.332 e. The molecule has 18 heavy (non-hydrogen) atoms. The highest BCUT2D eigenvalue weighted by atomic mass is 16.5. The van der Waals surface area contributed by atoms with Crippen LogP contribution in [0, 0.1) is 0 Å². The van der Waals surface area contributed by atoms with Gasteiger partial charge in [-0.1, -0.05) is 0 Å². The van der Waals surface area contributed by atoms with Crippen molar-refractivity contribution in [1.29, 1.82) is 0 Å². The Kier molecular flexibility index (Phi) is 3.22. The Morgan fingerprint density at radius 3 is 2.67 bits per heavy atom. The molecule has 7 heteroatoms. The second-order valence-electron chi connectivity index (χ2n) is 3.75. The van der Waals surface area contributed by atoms with Gasteiger partial charge in [0.1, 0.15) is 0 Å². The number of nitrogens with zero attached hydrogens (tertiary/aromatic N) is 4. The Labute approximate surface area is 104 Å². The topological polar surface area (TPSA) is 95.9 Å². The monoisotopic (exact) mass is 247 g/mol. The number of methoxy groups -OCH3 is 1. The maximum absolute atomic E-state index is 11.3. The number of anilines is 1. The maximum atomic E-state index is 11.3. The van der Waals surface area contributed by atoms with E-state index in [9.17, 15) is 4.79 Å². The molecule has 2 rings (SSSR count). The summed E-state index contributed by atoms with van der Waals surface area (Å²) in [6, 6.07) is 6.48. The molecule has 0 aliphatic heterocycles. The zero-order valence-corrected chi connectivity index (χ0v) is 10.1. The highest BCUT2D eigenvalue weighted by molar-refractivity contribution is 5.73. The molecular formula is C11H13N5O2. The van der Waals surface area contributed by atoms with Gasteiger partial charge < -0.3 is 10.5 Å². The van der Waals surface area contributed by atoms with Gasteiger partial charge in [-0.05, 0) is 36.4 Å². The number of hydrogen-bond acceptors (Lipinski definition) is 6. The molecule has 0 unspecified atom stereocenters. The molecule has 94 valence electrons. The van der Waals surface area contributed by atoms with E-state index in [2.05, 4.69) is 20.1 Å². The minimum Gasteiger partial charge on any atom is -0.467 e. The quantitative estimate of drug-likeness (QED) is 0.632. The Bertz CT molecular complexity index is 549. The van der Waals surface area contributed by atoms with E-state index in [-0.39, 0.29) is 0 Å². The molecule has 0 radical (unpaired) electrons. The Morgan fingerprint density at radius 2 is 2.06 bits per heavy atom. The number of rotatable bonds is 3. The first kappa shape index (κ1) is 12.0. The maximum Gasteiger partial charge on any atom is 0.332 e. The van der Waals surface area contributed by atoms with Crippen molar-refractivity contribution in [2.75, 3.05) is 12.8 Å². The van der Waals surface area contributed by atoms with Gasteiger partial charge in [-0.25, -0.2) is 4.79 Å². The lowest BCUT2D eigenvalue weighted by atomic mass is 10.2. The number of hydrogen-bond donors (Lipinski definition) is 1. The van der Waals surface area contributed by atoms with E-state index < -0.39 is 12.0 Å². The van der Waals surface area contributed by atoms with Crippen LogP contribution < -0.4 is 5.73 Å². The van der Waals surface area contributed by atoms with Crippen LogP contribution in [0.1, 0.15) is 13.0 Å². The number of carbonyl (C=O) groups is 1. The predicted octanol–water partition coefficient (Wildman–Crippen LogP) is 0.656. The largest absolute Gasteiger partial charge is 0.467 e. The molecule has 0 saturated heterocycles. The van der Waals surface area contributed by atoms with Crippen LogP contribution in [0.5, 0.6) is 0 Å². The zero-order valence-electron chi connectivity index (χ0n) is 10.1. The fourth-order valence-electron chi connectivity index (χ4n) is 1.40. The van der Waals surface area contributed by atoms with Gasteiger partial charge in [0.05, 0.1) is 7.11 Å². The van der Waals surface area contributed by atoms with E-state index in [1.807, 2.05) is 0 Å². The fraction of sp³-hybridized carbons (Fsp3) is 0.273. The van der Waals surface area contributed by atoms with Crippen LogP contribution in [-0.2, 0) is 9.53 Å². The molecular weight excluding hydrogens is 234 g/mol. The van der Waals surface area contributed by atoms with Gasteiger partial charge in [-0.2, -0.15) is 0 Å². The van der Waals surface area contributed by atoms with E-state index in [0.29, 0.717) is 11.5 Å². The second-order valence-corrected chi connectivity index (χ2v) is 3.75. The van der Waals surface area contributed by atoms with E-state index in [0.717, 1.165) is 5.56 Å². The summed E-state index contributed by atoms with van der Waals surface area (Å²) in [5.74, 6) is 0.0157. The molecule has 0 spiro atoms. The van der Waals surface area contributed by atoms with Gasteiger partial charge in [0.2, 0.25) is 5.82 Å². The van der Waals surface area contributed by atoms with E-state index >= 15 is 0 Å². The van der Waals surface area contributed by atoms with Gasteiger partial charge in [-0.3, -0.25) is 0 Å². The van der Waals surface area contributed by atoms with Crippen molar-refractivity contribution in [3.63, 3.8) is 0 Å². The number of nitrogen functional groups attached to an aromatic ring is 1. The Morgan fingerprint density at radius 1 is 1.39 bits per heavy atom. The SMILES string of the molecule is COC(=O)[C@H](C)n1nnc(-c2ccc(N)cc2)n1. The molecule has 0 bridgehead atoms. The van der Waals surface area contributed by atoms with E-state index in [4.69, 9.17) is 5.73 Å². The van der Waals surface area contributed by atoms with Crippen LogP contribution in [0.25, 0.3) is 11.4 Å². The van der Waals surface area contributed by atoms with Gasteiger partial charge in [0, 0.05) is 11.3 Å². The van der Waals surface area contributed by atoms with Crippen molar-refractivity contribution in [3.05, 3.63) is 24.3 Å². The van der Waals surface area contributed by atoms with Crippen LogP contribution >= 0.6 is 0 Å². The number of aromatic nitrogens is 4. The number of benzene rings is 1. The zero-order chi connectivity index (χ0) is 13.1. The standard InChI is InChI=1S/C11H13N5O2/c1-7(11(17)18-2)16-14-10(13-15-16)8-3-5-9(12)6-4-8/h3-7H,12H2,1-2H3/t7-/m0/s1. The first-order valence-electron chi connectivity index (χ1n) is 5.35. The number of ether oxygens (including phenoxy) is 1. The normalized spacial score (nSPS) is 12.1. The molecule has 2 aromatic rings. The van der Waals surface area contributed by atoms with Gasteiger partial charge in [0.15, 0.2) is 6.04 Å². The first-order chi connectivity index (χ1) is 8.61. The summed E-state index contributed by atoms with van der Waals surface area (Å²) in [5, 5.41) is 11.8. The average Bonchev–Trinajstić information content (AvgIpc) is 2.87. The van der Waals surface area contributed by atoms with Crippen molar-refractivity contribution < 1.29 is 9.53 Å². The lowest BCUT2D eigenvalue weighted by molar-refractivity contribution is -0.144. The summed E-state index contributed by atoms with van der Waals surface area (Å²) in [4.78, 5) is 12.6. The van der Waals surface area contributed by atoms with Crippen LogP contribution in [0.15, 0.2) is 24.3 Å². The lowest BCUT2D eigenvalue weighted by Gasteiger charge is -2.05. The number of esters is 1. The predicted molar refractivity (Wildman–Crippen MR) is 64.4 cm³/mol. The third-order valence-corrected chi connectivity index (χ3v) is 2.49. The Hall–Kier alpha value is -2.44. The average molecular weight is 247 g/mol. The summed E-state index contributed by atoms with van der Waals surface area (Å²) < 4.78 is 4.61. The third-order valence-electron chi connectivity index (χ3n) is 2.49. The molecule has 2 N–H and O–H groups in total. The van der Waals surface area contributed by atoms with Gasteiger partial charge in [0.25, 0.3) is 0 Å². The van der Waals surface area contributed by atoms with E-state index in [1.165, 1.54) is 11.9 Å². The second kappa shape index (κ2) is 4.82. The van der Waals surface area contributed by atoms with Gasteiger partial charge in [-0.15, -0.1) is 15.0 Å².